The number of hydrogen-bond donors (Lipinski definition) is 1. The first kappa shape index (κ1) is 16.2. The van der Waals surface area contributed by atoms with Crippen molar-refractivity contribution >= 4 is 6.03 Å². The zero-order valence-electron chi connectivity index (χ0n) is 14.0. The van der Waals surface area contributed by atoms with Gasteiger partial charge in [0, 0.05) is 13.1 Å². The number of nitrogens with zero attached hydrogens (tertiary/aromatic N) is 2. The minimum absolute atomic E-state index is 0.158. The first-order chi connectivity index (χ1) is 11.5. The first-order valence-corrected chi connectivity index (χ1v) is 7.86. The van der Waals surface area contributed by atoms with Crippen LogP contribution in [0.2, 0.25) is 0 Å². The molecule has 1 N–H and O–H groups in total. The first-order valence-electron chi connectivity index (χ1n) is 7.86. The fourth-order valence-corrected chi connectivity index (χ4v) is 2.52. The number of urea groups is 1. The Bertz CT molecular complexity index is 728. The Kier molecular flexibility index (Phi) is 4.59. The number of carbonyl (C=O) groups excluding carboxylic acids is 1. The molecule has 1 aliphatic rings. The van der Waals surface area contributed by atoms with E-state index in [-0.39, 0.29) is 12.1 Å². The molecule has 0 saturated carbocycles. The van der Waals surface area contributed by atoms with Gasteiger partial charge >= 0.3 is 6.03 Å². The van der Waals surface area contributed by atoms with Crippen molar-refractivity contribution in [2.24, 2.45) is 0 Å². The Morgan fingerprint density at radius 1 is 1.29 bits per heavy atom. The normalized spacial score (nSPS) is 14.1. The molecule has 1 aromatic carbocycles. The molecule has 2 amide bonds. The van der Waals surface area contributed by atoms with Crippen LogP contribution >= 0.6 is 0 Å². The summed E-state index contributed by atoms with van der Waals surface area (Å²) in [5.74, 6) is 2.18. The molecule has 7 heteroatoms. The highest BCUT2D eigenvalue weighted by Crippen LogP contribution is 2.32. The molecule has 2 aromatic rings. The van der Waals surface area contributed by atoms with E-state index in [1.165, 1.54) is 0 Å². The molecule has 0 spiro atoms. The van der Waals surface area contributed by atoms with Crippen molar-refractivity contribution in [1.29, 1.82) is 0 Å². The molecule has 1 aliphatic heterocycles. The Morgan fingerprint density at radius 3 is 2.75 bits per heavy atom. The van der Waals surface area contributed by atoms with Crippen LogP contribution in [0.25, 0.3) is 0 Å². The second kappa shape index (κ2) is 6.82. The van der Waals surface area contributed by atoms with E-state index in [9.17, 15) is 4.79 Å². The summed E-state index contributed by atoms with van der Waals surface area (Å²) in [6, 6.07) is 7.18. The van der Waals surface area contributed by atoms with E-state index in [0.717, 1.165) is 22.8 Å². The highest BCUT2D eigenvalue weighted by atomic mass is 16.6. The molecule has 128 valence electrons. The zero-order chi connectivity index (χ0) is 17.1. The van der Waals surface area contributed by atoms with Crippen molar-refractivity contribution in [2.75, 3.05) is 20.3 Å². The van der Waals surface area contributed by atoms with Crippen LogP contribution in [0.15, 0.2) is 28.8 Å². The molecular formula is C17H21N3O4. The SMILES string of the molecule is Cc1cc(CN(C)C(=O)N[C@H](C)c2ccc3c(c2)OCCO3)no1. The van der Waals surface area contributed by atoms with Gasteiger partial charge in [-0.2, -0.15) is 0 Å². The molecule has 24 heavy (non-hydrogen) atoms. The molecule has 0 fully saturated rings. The molecule has 0 bridgehead atoms. The van der Waals surface area contributed by atoms with Crippen LogP contribution in [0.3, 0.4) is 0 Å². The number of aromatic nitrogens is 1. The molecule has 2 heterocycles. The van der Waals surface area contributed by atoms with Crippen molar-refractivity contribution in [3.8, 4) is 11.5 Å². The Morgan fingerprint density at radius 2 is 2.04 bits per heavy atom. The van der Waals surface area contributed by atoms with Crippen LogP contribution in [0, 0.1) is 6.92 Å². The van der Waals surface area contributed by atoms with Gasteiger partial charge in [0.2, 0.25) is 0 Å². The van der Waals surface area contributed by atoms with E-state index in [0.29, 0.717) is 25.5 Å². The van der Waals surface area contributed by atoms with Crippen molar-refractivity contribution in [3.05, 3.63) is 41.3 Å². The van der Waals surface area contributed by atoms with Gasteiger partial charge in [0.15, 0.2) is 11.5 Å². The summed E-state index contributed by atoms with van der Waals surface area (Å²) in [5, 5.41) is 6.86. The third kappa shape index (κ3) is 3.61. The third-order valence-electron chi connectivity index (χ3n) is 3.83. The van der Waals surface area contributed by atoms with E-state index in [2.05, 4.69) is 10.5 Å². The number of amides is 2. The van der Waals surface area contributed by atoms with Crippen molar-refractivity contribution in [3.63, 3.8) is 0 Å². The summed E-state index contributed by atoms with van der Waals surface area (Å²) in [4.78, 5) is 13.9. The monoisotopic (exact) mass is 331 g/mol. The molecule has 3 rings (SSSR count). The molecule has 1 aromatic heterocycles. The van der Waals surface area contributed by atoms with E-state index in [1.54, 1.807) is 11.9 Å². The smallest absolute Gasteiger partial charge is 0.317 e. The number of nitrogens with one attached hydrogen (secondary N) is 1. The Balaban J connectivity index is 1.61. The second-order valence-corrected chi connectivity index (χ2v) is 5.86. The van der Waals surface area contributed by atoms with Gasteiger partial charge in [0.05, 0.1) is 12.6 Å². The van der Waals surface area contributed by atoms with Gasteiger partial charge in [-0.15, -0.1) is 0 Å². The van der Waals surface area contributed by atoms with E-state index in [1.807, 2.05) is 38.1 Å². The molecule has 0 aliphatic carbocycles. The number of ether oxygens (including phenoxy) is 2. The standard InChI is InChI=1S/C17H21N3O4/c1-11-8-14(19-24-11)10-20(3)17(21)18-12(2)13-4-5-15-16(9-13)23-7-6-22-15/h4-5,8-9,12H,6-7,10H2,1-3H3,(H,18,21)/t12-/m1/s1. The predicted molar refractivity (Wildman–Crippen MR) is 87.1 cm³/mol. The third-order valence-corrected chi connectivity index (χ3v) is 3.83. The maximum atomic E-state index is 12.3. The predicted octanol–water partition coefficient (Wildman–Crippen LogP) is 2.66. The number of carbonyl (C=O) groups is 1. The van der Waals surface area contributed by atoms with E-state index in [4.69, 9.17) is 14.0 Å². The number of fused-ring (bicyclic) bond motifs is 1. The summed E-state index contributed by atoms with van der Waals surface area (Å²) < 4.78 is 16.1. The highest BCUT2D eigenvalue weighted by Gasteiger charge is 2.18. The average molecular weight is 331 g/mol. The number of rotatable bonds is 4. The quantitative estimate of drug-likeness (QED) is 0.932. The zero-order valence-corrected chi connectivity index (χ0v) is 14.0. The molecule has 0 saturated heterocycles. The van der Waals surface area contributed by atoms with Crippen LogP contribution in [0.1, 0.15) is 30.0 Å². The lowest BCUT2D eigenvalue weighted by atomic mass is 10.1. The largest absolute Gasteiger partial charge is 0.486 e. The minimum Gasteiger partial charge on any atom is -0.486 e. The summed E-state index contributed by atoms with van der Waals surface area (Å²) in [6.45, 7) is 5.23. The molecule has 1 atom stereocenters. The van der Waals surface area contributed by atoms with Crippen molar-refractivity contribution in [2.45, 2.75) is 26.4 Å². The molecule has 0 radical (unpaired) electrons. The Hall–Kier alpha value is -2.70. The van der Waals surface area contributed by atoms with E-state index < -0.39 is 0 Å². The van der Waals surface area contributed by atoms with Crippen LogP contribution in [0.4, 0.5) is 4.79 Å². The van der Waals surface area contributed by atoms with Gasteiger partial charge in [-0.05, 0) is 31.5 Å². The van der Waals surface area contributed by atoms with Gasteiger partial charge in [0.1, 0.15) is 24.7 Å². The maximum absolute atomic E-state index is 12.3. The number of aryl methyl sites for hydroxylation is 1. The summed E-state index contributed by atoms with van der Waals surface area (Å²) in [7, 11) is 1.72. The van der Waals surface area contributed by atoms with Crippen LogP contribution in [-0.4, -0.2) is 36.3 Å². The van der Waals surface area contributed by atoms with Crippen LogP contribution < -0.4 is 14.8 Å². The Labute approximate surface area is 140 Å². The van der Waals surface area contributed by atoms with Crippen LogP contribution in [0.5, 0.6) is 11.5 Å². The van der Waals surface area contributed by atoms with Crippen molar-refractivity contribution in [1.82, 2.24) is 15.4 Å². The summed E-state index contributed by atoms with van der Waals surface area (Å²) in [5.41, 5.74) is 1.68. The summed E-state index contributed by atoms with van der Waals surface area (Å²) in [6.07, 6.45) is 0. The van der Waals surface area contributed by atoms with E-state index >= 15 is 0 Å². The van der Waals surface area contributed by atoms with Gasteiger partial charge < -0.3 is 24.2 Å². The fraction of sp³-hybridized carbons (Fsp3) is 0.412. The lowest BCUT2D eigenvalue weighted by Crippen LogP contribution is -2.38. The highest BCUT2D eigenvalue weighted by molar-refractivity contribution is 5.74. The van der Waals surface area contributed by atoms with Gasteiger partial charge in [0.25, 0.3) is 0 Å². The second-order valence-electron chi connectivity index (χ2n) is 5.86. The van der Waals surface area contributed by atoms with Gasteiger partial charge in [-0.1, -0.05) is 11.2 Å². The number of benzene rings is 1. The van der Waals surface area contributed by atoms with Crippen LogP contribution in [-0.2, 0) is 6.54 Å². The lowest BCUT2D eigenvalue weighted by Gasteiger charge is -2.23. The average Bonchev–Trinajstić information content (AvgIpc) is 2.99. The maximum Gasteiger partial charge on any atom is 0.317 e. The number of hydrogen-bond acceptors (Lipinski definition) is 5. The minimum atomic E-state index is -0.182. The molecule has 0 unspecified atom stereocenters. The van der Waals surface area contributed by atoms with Crippen molar-refractivity contribution < 1.29 is 18.8 Å². The lowest BCUT2D eigenvalue weighted by molar-refractivity contribution is 0.171. The topological polar surface area (TPSA) is 76.8 Å². The van der Waals surface area contributed by atoms with Gasteiger partial charge in [-0.3, -0.25) is 0 Å². The fourth-order valence-electron chi connectivity index (χ4n) is 2.52. The van der Waals surface area contributed by atoms with Gasteiger partial charge in [-0.25, -0.2) is 4.79 Å². The molecular weight excluding hydrogens is 310 g/mol. The summed E-state index contributed by atoms with van der Waals surface area (Å²) >= 11 is 0. The molecule has 7 nitrogen and oxygen atoms in total.